The number of amides is 2. The molecule has 4 aromatic rings. The number of carbonyl (C=O) groups is 2. The first-order valence-electron chi connectivity index (χ1n) is 10.9. The Labute approximate surface area is 200 Å². The Morgan fingerprint density at radius 1 is 0.606 bits per heavy atom. The van der Waals surface area contributed by atoms with Gasteiger partial charge in [0.1, 0.15) is 5.41 Å². The van der Waals surface area contributed by atoms with Gasteiger partial charge in [-0.05, 0) is 34.9 Å². The molecule has 0 radical (unpaired) electrons. The molecule has 2 unspecified atom stereocenters. The Morgan fingerprint density at radius 3 is 1.58 bits per heavy atom. The van der Waals surface area contributed by atoms with Gasteiger partial charge in [0.2, 0.25) is 11.8 Å². The Kier molecular flexibility index (Phi) is 4.43. The van der Waals surface area contributed by atoms with Gasteiger partial charge >= 0.3 is 0 Å². The summed E-state index contributed by atoms with van der Waals surface area (Å²) in [5, 5.41) is 0. The normalized spacial score (nSPS) is 22.8. The summed E-state index contributed by atoms with van der Waals surface area (Å²) in [6, 6.07) is 37.2. The van der Waals surface area contributed by atoms with E-state index in [0.29, 0.717) is 5.69 Å². The van der Waals surface area contributed by atoms with Crippen molar-refractivity contribution in [2.45, 2.75) is 10.8 Å². The van der Waals surface area contributed by atoms with E-state index in [4.69, 9.17) is 0 Å². The number of imide groups is 1. The van der Waals surface area contributed by atoms with Crippen LogP contribution in [0.1, 0.15) is 16.7 Å². The molecule has 160 valence electrons. The molecule has 2 amide bonds. The predicted molar refractivity (Wildman–Crippen MR) is 132 cm³/mol. The fraction of sp³-hybridized carbons (Fsp3) is 0.103. The molecular weight excluding hydrogens is 474 g/mol. The minimum atomic E-state index is -1.00. The molecule has 1 aliphatic heterocycles. The van der Waals surface area contributed by atoms with Gasteiger partial charge in [-0.3, -0.25) is 9.59 Å². The van der Waals surface area contributed by atoms with Crippen molar-refractivity contribution in [3.63, 3.8) is 0 Å². The van der Waals surface area contributed by atoms with E-state index in [9.17, 15) is 9.59 Å². The first-order valence-corrected chi connectivity index (χ1v) is 11.7. The van der Waals surface area contributed by atoms with Crippen molar-refractivity contribution in [1.82, 2.24) is 0 Å². The molecule has 0 N–H and O–H groups in total. The second-order valence-corrected chi connectivity index (χ2v) is 9.52. The molecule has 2 atom stereocenters. The first kappa shape index (κ1) is 20.1. The van der Waals surface area contributed by atoms with E-state index in [1.165, 1.54) is 4.90 Å². The summed E-state index contributed by atoms with van der Waals surface area (Å²) in [6.07, 6.45) is 0. The Morgan fingerprint density at radius 2 is 1.09 bits per heavy atom. The van der Waals surface area contributed by atoms with Gasteiger partial charge in [0.25, 0.3) is 0 Å². The van der Waals surface area contributed by atoms with Crippen molar-refractivity contribution in [1.29, 1.82) is 0 Å². The van der Waals surface area contributed by atoms with E-state index >= 15 is 0 Å². The average Bonchev–Trinajstić information content (AvgIpc) is 3.45. The maximum absolute atomic E-state index is 14.4. The number of hydrogen-bond donors (Lipinski definition) is 0. The third-order valence-corrected chi connectivity index (χ3v) is 7.66. The molecule has 1 aliphatic carbocycles. The number of fused-ring (bicyclic) bond motifs is 1. The summed E-state index contributed by atoms with van der Waals surface area (Å²) >= 11 is 3.48. The van der Waals surface area contributed by atoms with Crippen molar-refractivity contribution < 1.29 is 9.59 Å². The highest BCUT2D eigenvalue weighted by molar-refractivity contribution is 9.10. The molecule has 0 aromatic heterocycles. The number of anilines is 1. The first-order chi connectivity index (χ1) is 16.1. The minimum absolute atomic E-state index is 0.158. The van der Waals surface area contributed by atoms with Gasteiger partial charge in [-0.25, -0.2) is 4.90 Å². The zero-order chi connectivity index (χ0) is 22.6. The van der Waals surface area contributed by atoms with Crippen LogP contribution in [0, 0.1) is 5.92 Å². The molecule has 0 spiro atoms. The summed E-state index contributed by atoms with van der Waals surface area (Å²) in [5.41, 5.74) is 1.68. The Bertz CT molecular complexity index is 1330. The van der Waals surface area contributed by atoms with Crippen molar-refractivity contribution in [3.8, 4) is 0 Å². The van der Waals surface area contributed by atoms with Crippen LogP contribution in [0.25, 0.3) is 0 Å². The topological polar surface area (TPSA) is 37.4 Å². The van der Waals surface area contributed by atoms with Gasteiger partial charge in [0.05, 0.1) is 17.0 Å². The summed E-state index contributed by atoms with van der Waals surface area (Å²) < 4.78 is 0.826. The smallest absolute Gasteiger partial charge is 0.246 e. The number of halogens is 1. The van der Waals surface area contributed by atoms with E-state index < -0.39 is 16.7 Å². The molecule has 1 heterocycles. The van der Waals surface area contributed by atoms with E-state index in [2.05, 4.69) is 15.9 Å². The zero-order valence-corrected chi connectivity index (χ0v) is 19.3. The highest BCUT2D eigenvalue weighted by atomic mass is 79.9. The molecule has 4 heteroatoms. The molecule has 33 heavy (non-hydrogen) atoms. The van der Waals surface area contributed by atoms with Gasteiger partial charge in [0.15, 0.2) is 0 Å². The van der Waals surface area contributed by atoms with Gasteiger partial charge in [0, 0.05) is 4.47 Å². The van der Waals surface area contributed by atoms with Gasteiger partial charge < -0.3 is 0 Å². The van der Waals surface area contributed by atoms with Crippen LogP contribution in [0.4, 0.5) is 5.69 Å². The van der Waals surface area contributed by atoms with Crippen LogP contribution in [-0.2, 0) is 20.4 Å². The van der Waals surface area contributed by atoms with Crippen LogP contribution in [0.15, 0.2) is 120 Å². The lowest BCUT2D eigenvalue weighted by molar-refractivity contribution is -0.124. The standard InChI is InChI=1S/C29H20BrNO2/c30-23-17-10-18-24(19-23)31-26(32)25-28(20-11-4-1-5-12-20,21-13-6-2-7-14-21)29(25,27(31)33)22-15-8-3-9-16-22/h1-19,25H. The molecular formula is C29H20BrNO2. The van der Waals surface area contributed by atoms with Crippen molar-refractivity contribution in [3.05, 3.63) is 136 Å². The van der Waals surface area contributed by atoms with Crippen molar-refractivity contribution >= 4 is 33.4 Å². The van der Waals surface area contributed by atoms with Crippen LogP contribution in [-0.4, -0.2) is 11.8 Å². The second kappa shape index (κ2) is 7.26. The fourth-order valence-corrected chi connectivity index (χ4v) is 6.37. The van der Waals surface area contributed by atoms with Crippen LogP contribution in [0.3, 0.4) is 0 Å². The number of hydrogen-bond acceptors (Lipinski definition) is 2. The van der Waals surface area contributed by atoms with Gasteiger partial charge in [-0.1, -0.05) is 113 Å². The highest BCUT2D eigenvalue weighted by Crippen LogP contribution is 2.77. The predicted octanol–water partition coefficient (Wildman–Crippen LogP) is 5.88. The largest absolute Gasteiger partial charge is 0.274 e. The number of rotatable bonds is 4. The Hall–Kier alpha value is -3.50. The van der Waals surface area contributed by atoms with Crippen LogP contribution >= 0.6 is 15.9 Å². The average molecular weight is 494 g/mol. The molecule has 6 rings (SSSR count). The van der Waals surface area contributed by atoms with Gasteiger partial charge in [-0.2, -0.15) is 0 Å². The lowest BCUT2D eigenvalue weighted by atomic mass is 9.76. The van der Waals surface area contributed by atoms with Gasteiger partial charge in [-0.15, -0.1) is 0 Å². The highest BCUT2D eigenvalue weighted by Gasteiger charge is 2.89. The van der Waals surface area contributed by atoms with E-state index in [1.807, 2.05) is 115 Å². The van der Waals surface area contributed by atoms with E-state index in [1.54, 1.807) is 0 Å². The van der Waals surface area contributed by atoms with Crippen LogP contribution in [0.5, 0.6) is 0 Å². The molecule has 2 fully saturated rings. The maximum atomic E-state index is 14.4. The quantitative estimate of drug-likeness (QED) is 0.333. The summed E-state index contributed by atoms with van der Waals surface area (Å²) in [5.74, 6) is -0.854. The third kappa shape index (κ3) is 2.50. The zero-order valence-electron chi connectivity index (χ0n) is 17.7. The van der Waals surface area contributed by atoms with Crippen LogP contribution in [0.2, 0.25) is 0 Å². The lowest BCUT2D eigenvalue weighted by Gasteiger charge is -2.31. The van der Waals surface area contributed by atoms with Crippen molar-refractivity contribution in [2.24, 2.45) is 5.92 Å². The number of carbonyl (C=O) groups excluding carboxylic acids is 2. The minimum Gasteiger partial charge on any atom is -0.274 e. The monoisotopic (exact) mass is 493 g/mol. The fourth-order valence-electron chi connectivity index (χ4n) is 5.98. The summed E-state index contributed by atoms with van der Waals surface area (Å²) in [6.45, 7) is 0. The maximum Gasteiger partial charge on any atom is 0.246 e. The lowest BCUT2D eigenvalue weighted by Crippen LogP contribution is -2.44. The molecule has 4 aromatic carbocycles. The number of nitrogens with zero attached hydrogens (tertiary/aromatic N) is 1. The number of benzene rings is 4. The SMILES string of the molecule is O=C1C2C(c3ccccc3)(C(=O)N1c1cccc(Br)c1)C2(c1ccccc1)c1ccccc1. The van der Waals surface area contributed by atoms with Crippen LogP contribution < -0.4 is 4.90 Å². The summed E-state index contributed by atoms with van der Waals surface area (Å²) in [4.78, 5) is 29.9. The molecule has 1 saturated heterocycles. The van der Waals surface area contributed by atoms with Crippen molar-refractivity contribution in [2.75, 3.05) is 4.90 Å². The molecule has 1 saturated carbocycles. The number of piperidine rings is 1. The van der Waals surface area contributed by atoms with E-state index in [0.717, 1.165) is 21.2 Å². The molecule has 3 nitrogen and oxygen atoms in total. The summed E-state index contributed by atoms with van der Waals surface area (Å²) in [7, 11) is 0. The van der Waals surface area contributed by atoms with E-state index in [-0.39, 0.29) is 11.8 Å². The second-order valence-electron chi connectivity index (χ2n) is 8.61. The Balaban J connectivity index is 1.65. The molecule has 0 bridgehead atoms. The third-order valence-electron chi connectivity index (χ3n) is 7.17. The molecule has 2 aliphatic rings.